The summed E-state index contributed by atoms with van der Waals surface area (Å²) in [4.78, 5) is 28.2. The van der Waals surface area contributed by atoms with Crippen molar-refractivity contribution in [3.8, 4) is 0 Å². The van der Waals surface area contributed by atoms with Crippen LogP contribution >= 0.6 is 11.6 Å². The molecular weight excluding hydrogens is 286 g/mol. The molecule has 1 atom stereocenters. The van der Waals surface area contributed by atoms with Crippen molar-refractivity contribution in [2.75, 3.05) is 0 Å². The van der Waals surface area contributed by atoms with Crippen LogP contribution in [-0.2, 0) is 9.59 Å². The third-order valence-corrected chi connectivity index (χ3v) is 3.77. The molecule has 3 rings (SSSR count). The summed E-state index contributed by atoms with van der Waals surface area (Å²) in [7, 11) is 0. The number of fused-ring (bicyclic) bond motifs is 1. The van der Waals surface area contributed by atoms with Gasteiger partial charge in [0.25, 0.3) is 5.91 Å². The maximum Gasteiger partial charge on any atom is 0.261 e. The van der Waals surface area contributed by atoms with Gasteiger partial charge in [-0.2, -0.15) is 0 Å². The molecule has 2 aromatic carbocycles. The molecule has 21 heavy (non-hydrogen) atoms. The number of nitrogens with zero attached hydrogens (tertiary/aromatic N) is 1. The highest BCUT2D eigenvalue weighted by atomic mass is 35.5. The van der Waals surface area contributed by atoms with Gasteiger partial charge in [-0.25, -0.2) is 4.99 Å². The van der Waals surface area contributed by atoms with Gasteiger partial charge in [0, 0.05) is 10.2 Å². The minimum absolute atomic E-state index is 0.205. The standard InChI is InChI=1S/C17H12ClNO2/c1-10(20)15-16(11-6-8-12(18)9-7-11)13-4-2-3-5-14(13)19-17(15)21/h2-9,15H,1H3. The summed E-state index contributed by atoms with van der Waals surface area (Å²) < 4.78 is 0. The Kier molecular flexibility index (Phi) is 3.43. The third kappa shape index (κ3) is 2.41. The Bertz CT molecular complexity index is 853. The molecule has 104 valence electrons. The topological polar surface area (TPSA) is 46.5 Å². The predicted octanol–water partition coefficient (Wildman–Crippen LogP) is 1.90. The van der Waals surface area contributed by atoms with Gasteiger partial charge in [-0.1, -0.05) is 41.9 Å². The number of Topliss-reactive ketones (excluding diaryl/α,β-unsaturated/α-hetero) is 1. The van der Waals surface area contributed by atoms with Crippen molar-refractivity contribution < 1.29 is 9.59 Å². The van der Waals surface area contributed by atoms with Crippen molar-refractivity contribution >= 4 is 28.9 Å². The Morgan fingerprint density at radius 3 is 2.43 bits per heavy atom. The van der Waals surface area contributed by atoms with E-state index in [9.17, 15) is 9.59 Å². The summed E-state index contributed by atoms with van der Waals surface area (Å²) in [6.07, 6.45) is 0. The SMILES string of the molecule is CC(=O)C1C(=O)N=c2ccccc2=C1c1ccc(Cl)cc1. The molecule has 1 aliphatic heterocycles. The molecular formula is C17H12ClNO2. The lowest BCUT2D eigenvalue weighted by Crippen LogP contribution is -2.40. The molecule has 1 amide bonds. The van der Waals surface area contributed by atoms with E-state index in [1.54, 1.807) is 18.2 Å². The van der Waals surface area contributed by atoms with Gasteiger partial charge in [0.2, 0.25) is 0 Å². The van der Waals surface area contributed by atoms with Crippen LogP contribution in [0.1, 0.15) is 12.5 Å². The number of benzene rings is 2. The fraction of sp³-hybridized carbons (Fsp3) is 0.118. The van der Waals surface area contributed by atoms with E-state index in [2.05, 4.69) is 4.99 Å². The van der Waals surface area contributed by atoms with Crippen LogP contribution in [0.25, 0.3) is 5.57 Å². The first kappa shape index (κ1) is 13.7. The van der Waals surface area contributed by atoms with E-state index in [1.807, 2.05) is 30.3 Å². The van der Waals surface area contributed by atoms with Gasteiger partial charge in [-0.05, 0) is 36.3 Å². The first-order chi connectivity index (χ1) is 10.1. The minimum Gasteiger partial charge on any atom is -0.299 e. The molecule has 0 aliphatic carbocycles. The van der Waals surface area contributed by atoms with Crippen LogP contribution in [0, 0.1) is 5.92 Å². The van der Waals surface area contributed by atoms with E-state index in [-0.39, 0.29) is 5.78 Å². The van der Waals surface area contributed by atoms with E-state index in [0.29, 0.717) is 16.0 Å². The average molecular weight is 298 g/mol. The van der Waals surface area contributed by atoms with Gasteiger partial charge in [-0.3, -0.25) is 9.59 Å². The van der Waals surface area contributed by atoms with Crippen LogP contribution in [0.4, 0.5) is 0 Å². The molecule has 4 heteroatoms. The quantitative estimate of drug-likeness (QED) is 0.795. The number of para-hydroxylation sites is 1. The van der Waals surface area contributed by atoms with Gasteiger partial charge >= 0.3 is 0 Å². The summed E-state index contributed by atoms with van der Waals surface area (Å²) in [5.74, 6) is -1.46. The lowest BCUT2D eigenvalue weighted by atomic mass is 9.85. The fourth-order valence-electron chi connectivity index (χ4n) is 2.59. The molecule has 3 nitrogen and oxygen atoms in total. The second-order valence-corrected chi connectivity index (χ2v) is 5.37. The lowest BCUT2D eigenvalue weighted by Gasteiger charge is -2.18. The minimum atomic E-state index is -0.846. The second-order valence-electron chi connectivity index (χ2n) is 4.93. The number of rotatable bonds is 2. The third-order valence-electron chi connectivity index (χ3n) is 3.52. The Balaban J connectivity index is 2.39. The lowest BCUT2D eigenvalue weighted by molar-refractivity contribution is -0.128. The highest BCUT2D eigenvalue weighted by molar-refractivity contribution is 6.30. The molecule has 1 aliphatic rings. The molecule has 2 aromatic rings. The van der Waals surface area contributed by atoms with Crippen molar-refractivity contribution in [1.29, 1.82) is 0 Å². The van der Waals surface area contributed by atoms with E-state index < -0.39 is 11.8 Å². The normalized spacial score (nSPS) is 17.1. The van der Waals surface area contributed by atoms with Crippen molar-refractivity contribution in [2.24, 2.45) is 10.9 Å². The zero-order chi connectivity index (χ0) is 15.0. The van der Waals surface area contributed by atoms with Gasteiger partial charge in [-0.15, -0.1) is 0 Å². The largest absolute Gasteiger partial charge is 0.299 e. The van der Waals surface area contributed by atoms with E-state index >= 15 is 0 Å². The summed E-state index contributed by atoms with van der Waals surface area (Å²) in [5, 5.41) is 2.03. The van der Waals surface area contributed by atoms with E-state index in [0.717, 1.165) is 10.8 Å². The highest BCUT2D eigenvalue weighted by Crippen LogP contribution is 2.25. The Labute approximate surface area is 126 Å². The highest BCUT2D eigenvalue weighted by Gasteiger charge is 2.31. The summed E-state index contributed by atoms with van der Waals surface area (Å²) in [6, 6.07) is 14.5. The van der Waals surface area contributed by atoms with Crippen LogP contribution in [0.15, 0.2) is 53.5 Å². The molecule has 1 heterocycles. The second kappa shape index (κ2) is 5.26. The Morgan fingerprint density at radius 1 is 1.10 bits per heavy atom. The van der Waals surface area contributed by atoms with Gasteiger partial charge in [0.05, 0.1) is 5.36 Å². The number of carbonyl (C=O) groups excluding carboxylic acids is 2. The molecule has 0 fully saturated rings. The number of amides is 1. The van der Waals surface area contributed by atoms with Crippen molar-refractivity contribution in [3.63, 3.8) is 0 Å². The number of hydrogen-bond acceptors (Lipinski definition) is 2. The smallest absolute Gasteiger partial charge is 0.261 e. The summed E-state index contributed by atoms with van der Waals surface area (Å²) >= 11 is 5.92. The predicted molar refractivity (Wildman–Crippen MR) is 80.4 cm³/mol. The number of hydrogen-bond donors (Lipinski definition) is 0. The first-order valence-electron chi connectivity index (χ1n) is 6.56. The monoisotopic (exact) mass is 297 g/mol. The average Bonchev–Trinajstić information content (AvgIpc) is 2.46. The van der Waals surface area contributed by atoms with Crippen molar-refractivity contribution in [3.05, 3.63) is 69.7 Å². The molecule has 0 saturated carbocycles. The van der Waals surface area contributed by atoms with Crippen LogP contribution in [0.5, 0.6) is 0 Å². The van der Waals surface area contributed by atoms with Crippen LogP contribution < -0.4 is 10.6 Å². The maximum atomic E-state index is 12.2. The summed E-state index contributed by atoms with van der Waals surface area (Å²) in [5.41, 5.74) is 1.52. The molecule has 0 saturated heterocycles. The van der Waals surface area contributed by atoms with E-state index in [4.69, 9.17) is 11.6 Å². The molecule has 0 bridgehead atoms. The molecule has 0 spiro atoms. The number of ketones is 1. The van der Waals surface area contributed by atoms with E-state index in [1.165, 1.54) is 6.92 Å². The Morgan fingerprint density at radius 2 is 1.76 bits per heavy atom. The molecule has 0 radical (unpaired) electrons. The summed E-state index contributed by atoms with van der Waals surface area (Å²) in [6.45, 7) is 1.42. The zero-order valence-corrected chi connectivity index (χ0v) is 12.1. The van der Waals surface area contributed by atoms with Gasteiger partial charge in [0.15, 0.2) is 0 Å². The maximum absolute atomic E-state index is 12.2. The fourth-order valence-corrected chi connectivity index (χ4v) is 2.72. The Hall–Kier alpha value is -2.26. The molecule has 1 unspecified atom stereocenters. The molecule has 0 N–H and O–H groups in total. The van der Waals surface area contributed by atoms with Crippen LogP contribution in [0.2, 0.25) is 5.02 Å². The number of carbonyl (C=O) groups is 2. The molecule has 0 aromatic heterocycles. The van der Waals surface area contributed by atoms with Gasteiger partial charge in [0.1, 0.15) is 11.7 Å². The van der Waals surface area contributed by atoms with Gasteiger partial charge < -0.3 is 0 Å². The van der Waals surface area contributed by atoms with Crippen molar-refractivity contribution in [1.82, 2.24) is 0 Å². The van der Waals surface area contributed by atoms with Crippen molar-refractivity contribution in [2.45, 2.75) is 6.92 Å². The van der Waals surface area contributed by atoms with Crippen LogP contribution in [0.3, 0.4) is 0 Å². The zero-order valence-electron chi connectivity index (χ0n) is 11.3. The van der Waals surface area contributed by atoms with Crippen LogP contribution in [-0.4, -0.2) is 11.7 Å². The number of halogens is 1. The first-order valence-corrected chi connectivity index (χ1v) is 6.94.